The van der Waals surface area contributed by atoms with Crippen LogP contribution in [0.4, 0.5) is 0 Å². The monoisotopic (exact) mass is 262 g/mol. The van der Waals surface area contributed by atoms with E-state index in [0.29, 0.717) is 12.8 Å². The molecule has 0 atom stereocenters. The van der Waals surface area contributed by atoms with Gasteiger partial charge in [-0.15, -0.1) is 0 Å². The molecule has 17 heavy (non-hydrogen) atoms. The van der Waals surface area contributed by atoms with Crippen molar-refractivity contribution in [1.29, 1.82) is 0 Å². The molecule has 2 fully saturated rings. The lowest BCUT2D eigenvalue weighted by Gasteiger charge is -2.36. The zero-order valence-corrected chi connectivity index (χ0v) is 11.1. The molecule has 0 saturated heterocycles. The minimum Gasteiger partial charge on any atom is -0.393 e. The Kier molecular flexibility index (Phi) is 4.07. The molecule has 0 amide bonds. The van der Waals surface area contributed by atoms with Crippen molar-refractivity contribution in [3.05, 3.63) is 0 Å². The molecule has 0 radical (unpaired) electrons. The standard InChI is InChI=1S/C11H22N2O3S/c1-13(10-5-3-2-4-6-10)17(15,16)12-9-7-11(14)8-9/h9-12,14H,2-8H2,1H3. The van der Waals surface area contributed by atoms with E-state index in [2.05, 4.69) is 4.72 Å². The maximum absolute atomic E-state index is 12.1. The van der Waals surface area contributed by atoms with Gasteiger partial charge in [0.25, 0.3) is 10.2 Å². The summed E-state index contributed by atoms with van der Waals surface area (Å²) in [7, 11) is -1.71. The topological polar surface area (TPSA) is 69.6 Å². The van der Waals surface area contributed by atoms with Crippen molar-refractivity contribution in [2.75, 3.05) is 7.05 Å². The Balaban J connectivity index is 1.89. The average molecular weight is 262 g/mol. The van der Waals surface area contributed by atoms with Gasteiger partial charge in [0.2, 0.25) is 0 Å². The smallest absolute Gasteiger partial charge is 0.279 e. The average Bonchev–Trinajstić information content (AvgIpc) is 2.27. The fourth-order valence-corrected chi connectivity index (χ4v) is 4.00. The number of hydrogen-bond donors (Lipinski definition) is 2. The number of rotatable bonds is 4. The Bertz CT molecular complexity index is 346. The SMILES string of the molecule is CN(C1CCCCC1)S(=O)(=O)NC1CC(O)C1. The molecule has 0 bridgehead atoms. The van der Waals surface area contributed by atoms with Crippen LogP contribution < -0.4 is 4.72 Å². The summed E-state index contributed by atoms with van der Waals surface area (Å²) in [5.41, 5.74) is 0. The zero-order chi connectivity index (χ0) is 12.5. The van der Waals surface area contributed by atoms with Gasteiger partial charge in [-0.3, -0.25) is 0 Å². The lowest BCUT2D eigenvalue weighted by atomic mass is 9.91. The lowest BCUT2D eigenvalue weighted by molar-refractivity contribution is 0.0703. The maximum atomic E-state index is 12.1. The number of nitrogens with one attached hydrogen (secondary N) is 1. The Morgan fingerprint density at radius 2 is 1.76 bits per heavy atom. The van der Waals surface area contributed by atoms with E-state index in [1.165, 1.54) is 10.7 Å². The Morgan fingerprint density at radius 1 is 1.18 bits per heavy atom. The van der Waals surface area contributed by atoms with Crippen LogP contribution >= 0.6 is 0 Å². The van der Waals surface area contributed by atoms with Gasteiger partial charge in [0, 0.05) is 19.1 Å². The number of aliphatic hydroxyl groups excluding tert-OH is 1. The molecule has 6 heteroatoms. The minimum atomic E-state index is -3.37. The lowest BCUT2D eigenvalue weighted by Crippen LogP contribution is -2.53. The fourth-order valence-electron chi connectivity index (χ4n) is 2.62. The van der Waals surface area contributed by atoms with Crippen molar-refractivity contribution >= 4 is 10.2 Å². The summed E-state index contributed by atoms with van der Waals surface area (Å²) in [4.78, 5) is 0. The van der Waals surface area contributed by atoms with Crippen LogP contribution in [0.5, 0.6) is 0 Å². The first-order valence-corrected chi connectivity index (χ1v) is 7.86. The van der Waals surface area contributed by atoms with Gasteiger partial charge in [0.15, 0.2) is 0 Å². The molecule has 2 N–H and O–H groups in total. The highest BCUT2D eigenvalue weighted by Crippen LogP contribution is 2.25. The predicted octanol–water partition coefficient (Wildman–Crippen LogP) is 0.609. The second-order valence-corrected chi connectivity index (χ2v) is 7.01. The third-order valence-corrected chi connectivity index (χ3v) is 5.58. The second kappa shape index (κ2) is 5.22. The molecule has 2 aliphatic rings. The van der Waals surface area contributed by atoms with Crippen LogP contribution in [-0.4, -0.2) is 43.1 Å². The number of hydrogen-bond acceptors (Lipinski definition) is 3. The fraction of sp³-hybridized carbons (Fsp3) is 1.00. The van der Waals surface area contributed by atoms with Crippen LogP contribution in [-0.2, 0) is 10.2 Å². The molecule has 2 rings (SSSR count). The van der Waals surface area contributed by atoms with Gasteiger partial charge in [-0.1, -0.05) is 19.3 Å². The normalized spacial score (nSPS) is 31.5. The Hall–Kier alpha value is -0.170. The summed E-state index contributed by atoms with van der Waals surface area (Å²) in [5, 5.41) is 9.15. The highest BCUT2D eigenvalue weighted by molar-refractivity contribution is 7.87. The second-order valence-electron chi connectivity index (χ2n) is 5.25. The summed E-state index contributed by atoms with van der Waals surface area (Å²) >= 11 is 0. The van der Waals surface area contributed by atoms with Gasteiger partial charge in [0.05, 0.1) is 6.10 Å². The van der Waals surface area contributed by atoms with Crippen LogP contribution in [0.25, 0.3) is 0 Å². The van der Waals surface area contributed by atoms with E-state index in [1.807, 2.05) is 0 Å². The maximum Gasteiger partial charge on any atom is 0.279 e. The highest BCUT2D eigenvalue weighted by Gasteiger charge is 2.34. The predicted molar refractivity (Wildman–Crippen MR) is 65.7 cm³/mol. The van der Waals surface area contributed by atoms with Gasteiger partial charge in [-0.05, 0) is 25.7 Å². The molecular formula is C11H22N2O3S. The molecule has 0 aliphatic heterocycles. The first kappa shape index (κ1) is 13.3. The third-order valence-electron chi connectivity index (χ3n) is 3.90. The van der Waals surface area contributed by atoms with Gasteiger partial charge in [0.1, 0.15) is 0 Å². The molecule has 0 aromatic carbocycles. The molecule has 2 aliphatic carbocycles. The van der Waals surface area contributed by atoms with Crippen LogP contribution in [0.1, 0.15) is 44.9 Å². The van der Waals surface area contributed by atoms with Crippen molar-refractivity contribution < 1.29 is 13.5 Å². The summed E-state index contributed by atoms with van der Waals surface area (Å²) in [5.74, 6) is 0. The van der Waals surface area contributed by atoms with Crippen molar-refractivity contribution in [2.45, 2.75) is 63.1 Å². The van der Waals surface area contributed by atoms with Crippen molar-refractivity contribution in [3.8, 4) is 0 Å². The summed E-state index contributed by atoms with van der Waals surface area (Å²) in [6.45, 7) is 0. The van der Waals surface area contributed by atoms with Gasteiger partial charge in [-0.2, -0.15) is 17.4 Å². The van der Waals surface area contributed by atoms with Gasteiger partial charge < -0.3 is 5.11 Å². The first-order chi connectivity index (χ1) is 7.99. The van der Waals surface area contributed by atoms with E-state index < -0.39 is 10.2 Å². The van der Waals surface area contributed by atoms with E-state index in [4.69, 9.17) is 5.11 Å². The number of nitrogens with zero attached hydrogens (tertiary/aromatic N) is 1. The molecule has 0 unspecified atom stereocenters. The molecule has 100 valence electrons. The van der Waals surface area contributed by atoms with E-state index in [0.717, 1.165) is 25.7 Å². The van der Waals surface area contributed by atoms with E-state index in [-0.39, 0.29) is 18.2 Å². The van der Waals surface area contributed by atoms with E-state index in [1.54, 1.807) is 7.05 Å². The third kappa shape index (κ3) is 3.19. The minimum absolute atomic E-state index is 0.0824. The molecular weight excluding hydrogens is 240 g/mol. The van der Waals surface area contributed by atoms with Gasteiger partial charge in [-0.25, -0.2) is 0 Å². The molecule has 0 aromatic heterocycles. The van der Waals surface area contributed by atoms with Crippen LogP contribution in [0.3, 0.4) is 0 Å². The number of aliphatic hydroxyl groups is 1. The molecule has 0 aromatic rings. The largest absolute Gasteiger partial charge is 0.393 e. The molecule has 5 nitrogen and oxygen atoms in total. The van der Waals surface area contributed by atoms with Crippen LogP contribution in [0, 0.1) is 0 Å². The highest BCUT2D eigenvalue weighted by atomic mass is 32.2. The van der Waals surface area contributed by atoms with Crippen molar-refractivity contribution in [2.24, 2.45) is 0 Å². The molecule has 0 spiro atoms. The van der Waals surface area contributed by atoms with Crippen molar-refractivity contribution in [1.82, 2.24) is 9.03 Å². The van der Waals surface area contributed by atoms with E-state index in [9.17, 15) is 8.42 Å². The van der Waals surface area contributed by atoms with Crippen LogP contribution in [0.15, 0.2) is 0 Å². The molecule has 0 heterocycles. The Labute approximate surface area is 103 Å². The summed E-state index contributed by atoms with van der Waals surface area (Å²) in [6, 6.07) is 0.0623. The summed E-state index contributed by atoms with van der Waals surface area (Å²) < 4.78 is 28.3. The Morgan fingerprint density at radius 3 is 2.29 bits per heavy atom. The zero-order valence-electron chi connectivity index (χ0n) is 10.3. The molecule has 2 saturated carbocycles. The quantitative estimate of drug-likeness (QED) is 0.780. The summed E-state index contributed by atoms with van der Waals surface area (Å²) in [6.07, 6.45) is 6.12. The first-order valence-electron chi connectivity index (χ1n) is 6.42. The van der Waals surface area contributed by atoms with Crippen LogP contribution in [0.2, 0.25) is 0 Å². The van der Waals surface area contributed by atoms with Gasteiger partial charge >= 0.3 is 0 Å². The van der Waals surface area contributed by atoms with E-state index >= 15 is 0 Å². The van der Waals surface area contributed by atoms with Crippen molar-refractivity contribution in [3.63, 3.8) is 0 Å².